The molecule has 460 valence electrons. The summed E-state index contributed by atoms with van der Waals surface area (Å²) in [6.07, 6.45) is 12.6. The Kier molecular flexibility index (Phi) is 97.6. The molecule has 0 aliphatic rings. The van der Waals surface area contributed by atoms with E-state index in [1.807, 2.05) is 349 Å². The van der Waals surface area contributed by atoms with E-state index in [0.29, 0.717) is 0 Å². The predicted molar refractivity (Wildman–Crippen MR) is 388 cm³/mol. The summed E-state index contributed by atoms with van der Waals surface area (Å²) in [6, 6.07) is 83.1. The first kappa shape index (κ1) is 92.4. The fourth-order valence-corrected chi connectivity index (χ4v) is 5.44. The van der Waals surface area contributed by atoms with Gasteiger partial charge in [0.1, 0.15) is 0 Å². The van der Waals surface area contributed by atoms with Gasteiger partial charge in [0, 0.05) is 48.9 Å². The lowest BCUT2D eigenvalue weighted by molar-refractivity contribution is 1.33. The highest BCUT2D eigenvalue weighted by molar-refractivity contribution is 5.64. The van der Waals surface area contributed by atoms with Gasteiger partial charge in [-0.25, -0.2) is 0 Å². The smallest absolute Gasteiger partial charge is 0.0701 e. The van der Waals surface area contributed by atoms with E-state index in [1.54, 1.807) is 18.6 Å². The second kappa shape index (κ2) is 88.7. The van der Waals surface area contributed by atoms with Gasteiger partial charge in [-0.05, 0) is 75.8 Å². The van der Waals surface area contributed by atoms with Gasteiger partial charge in [-0.3, -0.25) is 19.9 Å². The Balaban J connectivity index is -0.000000130. The van der Waals surface area contributed by atoms with Crippen LogP contribution in [-0.4, -0.2) is 19.9 Å². The highest BCUT2D eigenvalue weighted by Gasteiger charge is 1.95. The molecule has 10 rings (SSSR count). The lowest BCUT2D eigenvalue weighted by Gasteiger charge is -1.98. The molecule has 0 bridgehead atoms. The van der Waals surface area contributed by atoms with E-state index < -0.39 is 0 Å². The lowest BCUT2D eigenvalue weighted by atomic mass is 10.1. The van der Waals surface area contributed by atoms with Gasteiger partial charge in [-0.1, -0.05) is 372 Å². The van der Waals surface area contributed by atoms with Gasteiger partial charge in [0.25, 0.3) is 0 Å². The molecular weight excluding hydrogens is 1020 g/mol. The van der Waals surface area contributed by atoms with Crippen LogP contribution in [0, 0.1) is 0 Å². The standard InChI is InChI=1S/C12H10.3C11H9N.C6H6.C5H5N.12C2H6/c1-3-7-11(8-4-1)12-9-5-2-6-10-12;1-2-6-10(7-3-1)11-8-4-5-9-12-11;1-2-5-10(6-3-1)11-7-4-8-12-9-11;1-2-4-10(5-3-1)11-6-8-12-9-7-11;2*1-2-4-6-5-3-1;12*1-2/h1-10H;3*1-9H;1-6H;1-5H;12*1-2H3. The second-order valence-electron chi connectivity index (χ2n) is 12.7. The number of nitrogens with zero attached hydrogens (tertiary/aromatic N) is 4. The first-order chi connectivity index (χ1) is 41.9. The summed E-state index contributed by atoms with van der Waals surface area (Å²) in [7, 11) is 0. The Morgan fingerprint density at radius 3 is 0.619 bits per heavy atom. The van der Waals surface area contributed by atoms with Crippen LogP contribution in [0.1, 0.15) is 166 Å². The maximum absolute atomic E-state index is 4.25. The van der Waals surface area contributed by atoms with E-state index in [4.69, 9.17) is 0 Å². The summed E-state index contributed by atoms with van der Waals surface area (Å²) in [5.41, 5.74) is 9.57. The molecule has 0 unspecified atom stereocenters. The van der Waals surface area contributed by atoms with Crippen LogP contribution in [-0.2, 0) is 0 Å². The number of pyridine rings is 4. The average molecular weight is 1140 g/mol. The van der Waals surface area contributed by atoms with Crippen molar-refractivity contribution in [2.24, 2.45) is 0 Å². The third kappa shape index (κ3) is 55.8. The van der Waals surface area contributed by atoms with Crippen LogP contribution in [0.15, 0.2) is 292 Å². The largest absolute Gasteiger partial charge is 0.265 e. The SMILES string of the molecule is CC.CC.CC.CC.CC.CC.CC.CC.CC.CC.CC.CC.c1ccc(-c2ccccc2)cc1.c1ccc(-c2ccccn2)cc1.c1ccc(-c2cccnc2)cc1.c1ccc(-c2ccncc2)cc1.c1ccccc1.c1ccncc1. The molecule has 0 fully saturated rings. The number of rotatable bonds is 4. The topological polar surface area (TPSA) is 51.6 Å². The molecule has 0 amide bonds. The van der Waals surface area contributed by atoms with Crippen molar-refractivity contribution >= 4 is 0 Å². The molecule has 10 aromatic rings. The molecule has 0 aliphatic heterocycles. The van der Waals surface area contributed by atoms with E-state index in [-0.39, 0.29) is 0 Å². The number of benzene rings is 6. The van der Waals surface area contributed by atoms with Gasteiger partial charge in [-0.15, -0.1) is 0 Å². The highest BCUT2D eigenvalue weighted by atomic mass is 14.7. The molecule has 4 aromatic heterocycles. The molecule has 0 N–H and O–H groups in total. The zero-order valence-electron chi connectivity index (χ0n) is 57.5. The first-order valence-corrected chi connectivity index (χ1v) is 31.7. The van der Waals surface area contributed by atoms with E-state index in [0.717, 1.165) is 16.8 Å². The Bertz CT molecular complexity index is 1930. The summed E-state index contributed by atoms with van der Waals surface area (Å²) in [6.45, 7) is 48.0. The lowest BCUT2D eigenvalue weighted by Crippen LogP contribution is -1.79. The summed E-state index contributed by atoms with van der Waals surface area (Å²) >= 11 is 0. The van der Waals surface area contributed by atoms with Crippen molar-refractivity contribution in [2.75, 3.05) is 0 Å². The van der Waals surface area contributed by atoms with Crippen LogP contribution in [0.2, 0.25) is 0 Å². The normalized spacial score (nSPS) is 7.52. The molecule has 6 aromatic carbocycles. The Hall–Kier alpha value is -8.08. The van der Waals surface area contributed by atoms with Crippen molar-refractivity contribution in [3.8, 4) is 44.6 Å². The number of hydrogen-bond donors (Lipinski definition) is 0. The van der Waals surface area contributed by atoms with E-state index >= 15 is 0 Å². The highest BCUT2D eigenvalue weighted by Crippen LogP contribution is 2.19. The monoisotopic (exact) mass is 1140 g/mol. The van der Waals surface area contributed by atoms with Crippen LogP contribution in [0.5, 0.6) is 0 Å². The molecule has 0 saturated carbocycles. The van der Waals surface area contributed by atoms with Crippen LogP contribution in [0.3, 0.4) is 0 Å². The Labute approximate surface area is 520 Å². The van der Waals surface area contributed by atoms with Crippen molar-refractivity contribution in [2.45, 2.75) is 166 Å². The van der Waals surface area contributed by atoms with Crippen LogP contribution >= 0.6 is 0 Å². The molecule has 0 radical (unpaired) electrons. The quantitative estimate of drug-likeness (QED) is 0.176. The van der Waals surface area contributed by atoms with E-state index in [2.05, 4.69) is 111 Å². The average Bonchev–Trinajstić information content (AvgIpc) is 3.67. The minimum absolute atomic E-state index is 1.03. The molecular formula is C80H120N4. The fourth-order valence-electron chi connectivity index (χ4n) is 5.44. The van der Waals surface area contributed by atoms with Gasteiger partial charge in [0.15, 0.2) is 0 Å². The molecule has 84 heavy (non-hydrogen) atoms. The molecule has 0 atom stereocenters. The molecule has 0 spiro atoms. The van der Waals surface area contributed by atoms with Gasteiger partial charge < -0.3 is 0 Å². The molecule has 4 heterocycles. The third-order valence-electron chi connectivity index (χ3n) is 8.40. The maximum atomic E-state index is 4.25. The Morgan fingerprint density at radius 1 is 0.155 bits per heavy atom. The number of aromatic nitrogens is 4. The van der Waals surface area contributed by atoms with Gasteiger partial charge in [0.2, 0.25) is 0 Å². The van der Waals surface area contributed by atoms with Gasteiger partial charge >= 0.3 is 0 Å². The third-order valence-corrected chi connectivity index (χ3v) is 8.40. The van der Waals surface area contributed by atoms with Crippen molar-refractivity contribution < 1.29 is 0 Å². The summed E-state index contributed by atoms with van der Waals surface area (Å²) < 4.78 is 0. The molecule has 0 saturated heterocycles. The molecule has 0 aliphatic carbocycles. The first-order valence-electron chi connectivity index (χ1n) is 31.7. The summed E-state index contributed by atoms with van der Waals surface area (Å²) in [5.74, 6) is 0. The minimum atomic E-state index is 1.03. The Morgan fingerprint density at radius 2 is 0.369 bits per heavy atom. The molecule has 4 heteroatoms. The van der Waals surface area contributed by atoms with Crippen LogP contribution < -0.4 is 0 Å². The van der Waals surface area contributed by atoms with Crippen molar-refractivity contribution in [3.05, 3.63) is 292 Å². The van der Waals surface area contributed by atoms with Gasteiger partial charge in [0.05, 0.1) is 5.69 Å². The predicted octanol–water partition coefficient (Wildman–Crippen LogP) is 26.7. The van der Waals surface area contributed by atoms with Crippen molar-refractivity contribution in [1.82, 2.24) is 19.9 Å². The van der Waals surface area contributed by atoms with Crippen molar-refractivity contribution in [1.29, 1.82) is 0 Å². The second-order valence-corrected chi connectivity index (χ2v) is 12.7. The van der Waals surface area contributed by atoms with E-state index in [1.165, 1.54) is 27.8 Å². The van der Waals surface area contributed by atoms with Gasteiger partial charge in [-0.2, -0.15) is 0 Å². The molecule has 4 nitrogen and oxygen atoms in total. The number of hydrogen-bond acceptors (Lipinski definition) is 4. The minimum Gasteiger partial charge on any atom is -0.265 e. The van der Waals surface area contributed by atoms with Crippen LogP contribution in [0.4, 0.5) is 0 Å². The summed E-state index contributed by atoms with van der Waals surface area (Å²) in [4.78, 5) is 16.1. The van der Waals surface area contributed by atoms with E-state index in [9.17, 15) is 0 Å². The van der Waals surface area contributed by atoms with Crippen molar-refractivity contribution in [3.63, 3.8) is 0 Å². The zero-order valence-corrected chi connectivity index (χ0v) is 57.5. The summed E-state index contributed by atoms with van der Waals surface area (Å²) in [5, 5.41) is 0. The van der Waals surface area contributed by atoms with Crippen LogP contribution in [0.25, 0.3) is 44.6 Å². The zero-order chi connectivity index (χ0) is 65.4. The maximum Gasteiger partial charge on any atom is 0.0701 e. The fraction of sp³-hybridized carbons (Fsp3) is 0.300.